The van der Waals surface area contributed by atoms with E-state index in [1.807, 2.05) is 42.3 Å². The second-order valence-corrected chi connectivity index (χ2v) is 8.96. The van der Waals surface area contributed by atoms with Crippen molar-refractivity contribution in [3.63, 3.8) is 0 Å². The normalized spacial score (nSPS) is 16.5. The van der Waals surface area contributed by atoms with Crippen molar-refractivity contribution in [2.24, 2.45) is 0 Å². The van der Waals surface area contributed by atoms with Gasteiger partial charge in [0.25, 0.3) is 5.91 Å². The molecule has 0 radical (unpaired) electrons. The molecular weight excluding hydrogens is 402 g/mol. The fourth-order valence-electron chi connectivity index (χ4n) is 3.74. The molecule has 1 saturated heterocycles. The van der Waals surface area contributed by atoms with E-state index < -0.39 is 0 Å². The number of rotatable bonds is 5. The van der Waals surface area contributed by atoms with Crippen LogP contribution >= 0.6 is 22.9 Å². The van der Waals surface area contributed by atoms with Gasteiger partial charge in [0.1, 0.15) is 0 Å². The van der Waals surface area contributed by atoms with Crippen molar-refractivity contribution in [2.75, 3.05) is 26.2 Å². The monoisotopic (exact) mass is 425 g/mol. The number of aryl methyl sites for hydroxylation is 1. The molecule has 1 N–H and O–H groups in total. The lowest BCUT2D eigenvalue weighted by atomic mass is 9.96. The average Bonchev–Trinajstić information content (AvgIpc) is 3.18. The number of nitrogens with zero attached hydrogens (tertiary/aromatic N) is 2. The number of amides is 1. The van der Waals surface area contributed by atoms with Crippen LogP contribution in [0.3, 0.4) is 0 Å². The minimum absolute atomic E-state index is 0.0196. The first-order chi connectivity index (χ1) is 14.1. The van der Waals surface area contributed by atoms with E-state index in [1.165, 1.54) is 22.5 Å². The van der Waals surface area contributed by atoms with Crippen LogP contribution in [0.25, 0.3) is 0 Å². The summed E-state index contributed by atoms with van der Waals surface area (Å²) < 4.78 is 0. The number of hydrogen-bond acceptors (Lipinski definition) is 4. The van der Waals surface area contributed by atoms with E-state index in [4.69, 9.17) is 11.6 Å². The highest BCUT2D eigenvalue weighted by atomic mass is 35.5. The standard InChI is InChI=1S/C23H24ClN3OS/c1-17-7-12-21(29-17)23(28)25-27-15-13-26(14-16-27)22(18-5-3-2-4-6-18)19-8-10-20(24)11-9-19/h2-12,22H,13-16H2,1H3,(H,25,28). The van der Waals surface area contributed by atoms with Crippen LogP contribution in [0.15, 0.2) is 66.7 Å². The minimum atomic E-state index is -0.0196. The molecule has 1 amide bonds. The maximum Gasteiger partial charge on any atom is 0.275 e. The zero-order valence-corrected chi connectivity index (χ0v) is 17.9. The Hall–Kier alpha value is -2.18. The Morgan fingerprint density at radius 2 is 1.59 bits per heavy atom. The lowest BCUT2D eigenvalue weighted by molar-refractivity contribution is 0.0557. The van der Waals surface area contributed by atoms with Crippen molar-refractivity contribution in [3.05, 3.63) is 92.6 Å². The molecule has 0 saturated carbocycles. The molecular formula is C23H24ClN3OS. The lowest BCUT2D eigenvalue weighted by Crippen LogP contribution is -2.54. The van der Waals surface area contributed by atoms with Gasteiger partial charge in [-0.05, 0) is 42.3 Å². The largest absolute Gasteiger partial charge is 0.290 e. The summed E-state index contributed by atoms with van der Waals surface area (Å²) in [5.74, 6) is -0.0196. The van der Waals surface area contributed by atoms with E-state index in [-0.39, 0.29) is 11.9 Å². The van der Waals surface area contributed by atoms with Crippen LogP contribution in [0, 0.1) is 6.92 Å². The van der Waals surface area contributed by atoms with Crippen molar-refractivity contribution in [1.29, 1.82) is 0 Å². The van der Waals surface area contributed by atoms with Gasteiger partial charge in [0.05, 0.1) is 10.9 Å². The molecule has 1 fully saturated rings. The summed E-state index contributed by atoms with van der Waals surface area (Å²) in [5, 5.41) is 2.77. The summed E-state index contributed by atoms with van der Waals surface area (Å²) in [6.45, 7) is 5.32. The van der Waals surface area contributed by atoms with E-state index in [0.29, 0.717) is 0 Å². The fraction of sp³-hybridized carbons (Fsp3) is 0.261. The second-order valence-electron chi connectivity index (χ2n) is 7.24. The van der Waals surface area contributed by atoms with Crippen LogP contribution in [-0.2, 0) is 0 Å². The third kappa shape index (κ3) is 4.87. The van der Waals surface area contributed by atoms with Crippen molar-refractivity contribution in [2.45, 2.75) is 13.0 Å². The first-order valence-electron chi connectivity index (χ1n) is 9.77. The fourth-order valence-corrected chi connectivity index (χ4v) is 4.63. The number of thiophene rings is 1. The maximum absolute atomic E-state index is 12.4. The summed E-state index contributed by atoms with van der Waals surface area (Å²) in [6, 6.07) is 22.7. The molecule has 0 aliphatic carbocycles. The molecule has 1 atom stereocenters. The van der Waals surface area contributed by atoms with Gasteiger partial charge >= 0.3 is 0 Å². The number of halogens is 1. The Kier molecular flexibility index (Phi) is 6.31. The van der Waals surface area contributed by atoms with Gasteiger partial charge in [-0.3, -0.25) is 15.1 Å². The van der Waals surface area contributed by atoms with E-state index in [0.717, 1.165) is 41.0 Å². The van der Waals surface area contributed by atoms with Crippen molar-refractivity contribution in [3.8, 4) is 0 Å². The predicted octanol–water partition coefficient (Wildman–Crippen LogP) is 4.76. The number of carbonyl (C=O) groups excluding carboxylic acids is 1. The molecule has 1 aliphatic rings. The van der Waals surface area contributed by atoms with Gasteiger partial charge < -0.3 is 0 Å². The molecule has 3 aromatic rings. The van der Waals surface area contributed by atoms with Crippen LogP contribution in [0.4, 0.5) is 0 Å². The maximum atomic E-state index is 12.4. The number of nitrogens with one attached hydrogen (secondary N) is 1. The van der Waals surface area contributed by atoms with Crippen LogP contribution < -0.4 is 5.43 Å². The zero-order chi connectivity index (χ0) is 20.2. The summed E-state index contributed by atoms with van der Waals surface area (Å²) in [5.41, 5.74) is 5.55. The van der Waals surface area contributed by atoms with Crippen molar-refractivity contribution < 1.29 is 4.79 Å². The first kappa shape index (κ1) is 20.1. The van der Waals surface area contributed by atoms with Gasteiger partial charge in [0.15, 0.2) is 0 Å². The molecule has 1 aromatic heterocycles. The number of hydrazine groups is 1. The van der Waals surface area contributed by atoms with E-state index in [2.05, 4.69) is 46.7 Å². The SMILES string of the molecule is Cc1ccc(C(=O)NN2CCN(C(c3ccccc3)c3ccc(Cl)cc3)CC2)s1. The topological polar surface area (TPSA) is 35.6 Å². The van der Waals surface area contributed by atoms with Gasteiger partial charge in [0, 0.05) is 36.1 Å². The molecule has 4 nitrogen and oxygen atoms in total. The summed E-state index contributed by atoms with van der Waals surface area (Å²) >= 11 is 7.63. The van der Waals surface area contributed by atoms with E-state index in [9.17, 15) is 4.79 Å². The molecule has 1 unspecified atom stereocenters. The van der Waals surface area contributed by atoms with E-state index in [1.54, 1.807) is 0 Å². The smallest absolute Gasteiger partial charge is 0.275 e. The Balaban J connectivity index is 1.45. The highest BCUT2D eigenvalue weighted by Gasteiger charge is 2.27. The summed E-state index contributed by atoms with van der Waals surface area (Å²) in [4.78, 5) is 16.8. The van der Waals surface area contributed by atoms with Crippen LogP contribution in [0.1, 0.15) is 31.7 Å². The molecule has 1 aliphatic heterocycles. The third-order valence-electron chi connectivity index (χ3n) is 5.20. The minimum Gasteiger partial charge on any atom is -0.290 e. The Morgan fingerprint density at radius 1 is 0.931 bits per heavy atom. The molecule has 6 heteroatoms. The predicted molar refractivity (Wildman–Crippen MR) is 119 cm³/mol. The Morgan fingerprint density at radius 3 is 2.21 bits per heavy atom. The first-order valence-corrected chi connectivity index (χ1v) is 11.0. The van der Waals surface area contributed by atoms with Crippen LogP contribution in [0.2, 0.25) is 5.02 Å². The van der Waals surface area contributed by atoms with Gasteiger partial charge in [0.2, 0.25) is 0 Å². The molecule has 29 heavy (non-hydrogen) atoms. The molecule has 2 heterocycles. The third-order valence-corrected chi connectivity index (χ3v) is 6.46. The van der Waals surface area contributed by atoms with Crippen LogP contribution in [-0.4, -0.2) is 42.0 Å². The summed E-state index contributed by atoms with van der Waals surface area (Å²) in [6.07, 6.45) is 0. The van der Waals surface area contributed by atoms with Gasteiger partial charge in [-0.1, -0.05) is 54.1 Å². The van der Waals surface area contributed by atoms with Crippen LogP contribution in [0.5, 0.6) is 0 Å². The molecule has 0 bridgehead atoms. The molecule has 150 valence electrons. The average molecular weight is 426 g/mol. The van der Waals surface area contributed by atoms with Crippen molar-refractivity contribution in [1.82, 2.24) is 15.3 Å². The van der Waals surface area contributed by atoms with Crippen molar-refractivity contribution >= 4 is 28.8 Å². The zero-order valence-electron chi connectivity index (χ0n) is 16.3. The summed E-state index contributed by atoms with van der Waals surface area (Å²) in [7, 11) is 0. The number of piperazine rings is 1. The van der Waals surface area contributed by atoms with Gasteiger partial charge in [-0.2, -0.15) is 0 Å². The Bertz CT molecular complexity index is 950. The highest BCUT2D eigenvalue weighted by Crippen LogP contribution is 2.30. The lowest BCUT2D eigenvalue weighted by Gasteiger charge is -2.39. The molecule has 0 spiro atoms. The number of carbonyl (C=O) groups is 1. The van der Waals surface area contributed by atoms with E-state index >= 15 is 0 Å². The van der Waals surface area contributed by atoms with Gasteiger partial charge in [-0.25, -0.2) is 5.01 Å². The quantitative estimate of drug-likeness (QED) is 0.640. The number of hydrogen-bond donors (Lipinski definition) is 1. The molecule has 4 rings (SSSR count). The Labute approximate surface area is 180 Å². The highest BCUT2D eigenvalue weighted by molar-refractivity contribution is 7.13. The van der Waals surface area contributed by atoms with Gasteiger partial charge in [-0.15, -0.1) is 11.3 Å². The molecule has 2 aromatic carbocycles. The number of benzene rings is 2. The second kappa shape index (κ2) is 9.09.